The minimum absolute atomic E-state index is 0.0810. The van der Waals surface area contributed by atoms with Gasteiger partial charge in [0, 0.05) is 29.0 Å². The van der Waals surface area contributed by atoms with Crippen LogP contribution in [0.5, 0.6) is 5.75 Å². The highest BCUT2D eigenvalue weighted by atomic mass is 16.5. The lowest BCUT2D eigenvalue weighted by Gasteiger charge is -2.09. The number of carboxylic acids is 1. The van der Waals surface area contributed by atoms with E-state index in [0.29, 0.717) is 29.3 Å². The molecule has 4 rings (SSSR count). The largest absolute Gasteiger partial charge is 0.494 e. The fourth-order valence-electron chi connectivity index (χ4n) is 3.03. The molecule has 8 nitrogen and oxygen atoms in total. The number of benzene rings is 1. The van der Waals surface area contributed by atoms with Crippen molar-refractivity contribution in [1.29, 1.82) is 0 Å². The minimum atomic E-state index is -1.37. The third-order valence-electron chi connectivity index (χ3n) is 4.46. The van der Waals surface area contributed by atoms with Crippen molar-refractivity contribution in [1.82, 2.24) is 9.97 Å². The molecule has 0 radical (unpaired) electrons. The number of aromatic nitrogens is 2. The predicted octanol–water partition coefficient (Wildman–Crippen LogP) is 3.70. The van der Waals surface area contributed by atoms with Gasteiger partial charge in [0.1, 0.15) is 11.4 Å². The summed E-state index contributed by atoms with van der Waals surface area (Å²) in [6.07, 6.45) is 5.73. The summed E-state index contributed by atoms with van der Waals surface area (Å²) in [7, 11) is 0. The molecule has 0 saturated heterocycles. The van der Waals surface area contributed by atoms with Gasteiger partial charge in [0.15, 0.2) is 11.3 Å². The number of Topliss-reactive ketones (excluding diaryl/α,β-unsaturated/α-hetero) is 1. The van der Waals surface area contributed by atoms with Gasteiger partial charge in [-0.2, -0.15) is 0 Å². The Bertz CT molecular complexity index is 1170. The van der Waals surface area contributed by atoms with Crippen LogP contribution < -0.4 is 10.1 Å². The first-order valence-electron chi connectivity index (χ1n) is 9.40. The lowest BCUT2D eigenvalue weighted by Crippen LogP contribution is -2.12. The number of nitrogens with zero attached hydrogens (tertiary/aromatic N) is 1. The standard InChI is InChI=1S/C22H19N3O5/c1-2-10-29-15-7-5-14(6-8-15)25-21-18(22(27)28)19(26)17(30-21)11-13-12-24-20-16(13)4-3-9-23-20/h3-9,11-12,25H,2,10H2,1H3,(H,23,24)(H,27,28). The Morgan fingerprint density at radius 1 is 1.30 bits per heavy atom. The maximum Gasteiger partial charge on any atom is 0.345 e. The van der Waals surface area contributed by atoms with E-state index in [0.717, 1.165) is 11.8 Å². The molecule has 8 heteroatoms. The van der Waals surface area contributed by atoms with Crippen LogP contribution in [0.1, 0.15) is 18.9 Å². The number of rotatable bonds is 7. The first kappa shape index (κ1) is 19.3. The Hall–Kier alpha value is -4.07. The topological polar surface area (TPSA) is 114 Å². The van der Waals surface area contributed by atoms with E-state index in [9.17, 15) is 14.7 Å². The van der Waals surface area contributed by atoms with E-state index >= 15 is 0 Å². The average Bonchev–Trinajstić information content (AvgIpc) is 3.29. The fraction of sp³-hybridized carbons (Fsp3) is 0.136. The van der Waals surface area contributed by atoms with Gasteiger partial charge in [-0.25, -0.2) is 9.78 Å². The number of nitrogens with one attached hydrogen (secondary N) is 2. The van der Waals surface area contributed by atoms with Gasteiger partial charge in [-0.3, -0.25) is 4.79 Å². The predicted molar refractivity (Wildman–Crippen MR) is 111 cm³/mol. The van der Waals surface area contributed by atoms with E-state index in [1.165, 1.54) is 6.08 Å². The Kier molecular flexibility index (Phi) is 5.21. The monoisotopic (exact) mass is 405 g/mol. The van der Waals surface area contributed by atoms with E-state index in [1.54, 1.807) is 42.7 Å². The van der Waals surface area contributed by atoms with Crippen molar-refractivity contribution in [3.05, 3.63) is 71.6 Å². The Labute approximate surface area is 171 Å². The first-order valence-corrected chi connectivity index (χ1v) is 9.40. The number of carbonyl (C=O) groups excluding carboxylic acids is 1. The molecule has 3 N–H and O–H groups in total. The summed E-state index contributed by atoms with van der Waals surface area (Å²) in [5, 5.41) is 13.2. The van der Waals surface area contributed by atoms with Crippen LogP contribution in [0.3, 0.4) is 0 Å². The van der Waals surface area contributed by atoms with Crippen molar-refractivity contribution in [2.75, 3.05) is 11.9 Å². The number of H-pyrrole nitrogens is 1. The molecule has 0 unspecified atom stereocenters. The van der Waals surface area contributed by atoms with E-state index in [2.05, 4.69) is 15.3 Å². The highest BCUT2D eigenvalue weighted by Crippen LogP contribution is 2.30. The molecule has 0 amide bonds. The zero-order valence-corrected chi connectivity index (χ0v) is 16.1. The Morgan fingerprint density at radius 2 is 2.10 bits per heavy atom. The number of allylic oxidation sites excluding steroid dienone is 1. The SMILES string of the molecule is CCCOc1ccc(NC2=C(C(=O)O)C(=O)C(=Cc3c[nH]c4ncccc34)O2)cc1. The summed E-state index contributed by atoms with van der Waals surface area (Å²) in [5.41, 5.74) is 1.44. The third-order valence-corrected chi connectivity index (χ3v) is 4.46. The van der Waals surface area contributed by atoms with Crippen molar-refractivity contribution in [3.63, 3.8) is 0 Å². The van der Waals surface area contributed by atoms with E-state index in [4.69, 9.17) is 9.47 Å². The summed E-state index contributed by atoms with van der Waals surface area (Å²) in [6.45, 7) is 2.62. The lowest BCUT2D eigenvalue weighted by molar-refractivity contribution is -0.134. The number of hydrogen-bond acceptors (Lipinski definition) is 6. The van der Waals surface area contributed by atoms with Gasteiger partial charge in [-0.05, 0) is 48.9 Å². The average molecular weight is 405 g/mol. The van der Waals surface area contributed by atoms with Crippen LogP contribution in [0.15, 0.2) is 66.0 Å². The number of fused-ring (bicyclic) bond motifs is 1. The molecule has 1 aliphatic rings. The van der Waals surface area contributed by atoms with E-state index < -0.39 is 17.3 Å². The number of anilines is 1. The molecular formula is C22H19N3O5. The Balaban J connectivity index is 1.59. The lowest BCUT2D eigenvalue weighted by atomic mass is 10.1. The number of aliphatic carboxylic acids is 1. The molecule has 2 aromatic heterocycles. The minimum Gasteiger partial charge on any atom is -0.494 e. The molecule has 0 spiro atoms. The van der Waals surface area contributed by atoms with Gasteiger partial charge in [0.25, 0.3) is 0 Å². The molecule has 3 aromatic rings. The van der Waals surface area contributed by atoms with Crippen molar-refractivity contribution in [2.24, 2.45) is 0 Å². The molecular weight excluding hydrogens is 386 g/mol. The normalized spacial score (nSPS) is 15.0. The number of ether oxygens (including phenoxy) is 2. The first-order chi connectivity index (χ1) is 14.6. The quantitative estimate of drug-likeness (QED) is 0.406. The zero-order chi connectivity index (χ0) is 21.1. The summed E-state index contributed by atoms with van der Waals surface area (Å²) >= 11 is 0. The molecule has 1 aromatic carbocycles. The van der Waals surface area contributed by atoms with Crippen LogP contribution in [-0.4, -0.2) is 33.4 Å². The summed E-state index contributed by atoms with van der Waals surface area (Å²) < 4.78 is 11.1. The van der Waals surface area contributed by atoms with Crippen molar-refractivity contribution >= 4 is 34.5 Å². The van der Waals surface area contributed by atoms with Crippen molar-refractivity contribution in [2.45, 2.75) is 13.3 Å². The molecule has 30 heavy (non-hydrogen) atoms. The van der Waals surface area contributed by atoms with Gasteiger partial charge < -0.3 is 24.9 Å². The molecule has 152 valence electrons. The number of carbonyl (C=O) groups is 2. The maximum absolute atomic E-state index is 12.7. The number of carboxylic acid groups (broad SMARTS) is 1. The summed E-state index contributed by atoms with van der Waals surface area (Å²) in [4.78, 5) is 31.5. The Morgan fingerprint density at radius 3 is 2.83 bits per heavy atom. The van der Waals surface area contributed by atoms with Crippen LogP contribution in [0.25, 0.3) is 17.1 Å². The second kappa shape index (κ2) is 8.12. The summed E-state index contributed by atoms with van der Waals surface area (Å²) in [5.74, 6) is -1.58. The van der Waals surface area contributed by atoms with Crippen LogP contribution in [0.4, 0.5) is 5.69 Å². The fourth-order valence-corrected chi connectivity index (χ4v) is 3.03. The highest BCUT2D eigenvalue weighted by molar-refractivity contribution is 6.26. The van der Waals surface area contributed by atoms with Crippen LogP contribution in [-0.2, 0) is 14.3 Å². The van der Waals surface area contributed by atoms with Gasteiger partial charge in [-0.1, -0.05) is 6.92 Å². The van der Waals surface area contributed by atoms with Gasteiger partial charge in [0.05, 0.1) is 6.61 Å². The summed E-state index contributed by atoms with van der Waals surface area (Å²) in [6, 6.07) is 10.6. The zero-order valence-electron chi connectivity index (χ0n) is 16.1. The van der Waals surface area contributed by atoms with E-state index in [1.807, 2.05) is 13.0 Å². The second-order valence-electron chi connectivity index (χ2n) is 6.59. The number of pyridine rings is 1. The molecule has 3 heterocycles. The molecule has 0 bridgehead atoms. The van der Waals surface area contributed by atoms with Crippen LogP contribution >= 0.6 is 0 Å². The molecule has 0 fully saturated rings. The van der Waals surface area contributed by atoms with Crippen LogP contribution in [0.2, 0.25) is 0 Å². The number of ketones is 1. The van der Waals surface area contributed by atoms with Crippen molar-refractivity contribution < 1.29 is 24.2 Å². The van der Waals surface area contributed by atoms with E-state index in [-0.39, 0.29) is 11.6 Å². The number of aromatic amines is 1. The van der Waals surface area contributed by atoms with Gasteiger partial charge in [-0.15, -0.1) is 0 Å². The van der Waals surface area contributed by atoms with Gasteiger partial charge >= 0.3 is 5.97 Å². The molecule has 0 saturated carbocycles. The maximum atomic E-state index is 12.7. The molecule has 1 aliphatic heterocycles. The second-order valence-corrected chi connectivity index (χ2v) is 6.59. The third kappa shape index (κ3) is 3.75. The molecule has 0 aliphatic carbocycles. The van der Waals surface area contributed by atoms with Crippen LogP contribution in [0, 0.1) is 0 Å². The van der Waals surface area contributed by atoms with Crippen molar-refractivity contribution in [3.8, 4) is 5.75 Å². The highest BCUT2D eigenvalue weighted by Gasteiger charge is 2.36. The number of hydrogen-bond donors (Lipinski definition) is 3. The smallest absolute Gasteiger partial charge is 0.345 e. The van der Waals surface area contributed by atoms with Gasteiger partial charge in [0.2, 0.25) is 11.7 Å². The molecule has 0 atom stereocenters.